The summed E-state index contributed by atoms with van der Waals surface area (Å²) in [6.07, 6.45) is 10.8. The highest BCUT2D eigenvalue weighted by Crippen LogP contribution is 2.33. The van der Waals surface area contributed by atoms with Crippen LogP contribution >= 0.6 is 11.6 Å². The zero-order valence-corrected chi connectivity index (χ0v) is 23.6. The van der Waals surface area contributed by atoms with Gasteiger partial charge in [0.2, 0.25) is 0 Å². The molecule has 0 aliphatic rings. The van der Waals surface area contributed by atoms with E-state index >= 15 is 0 Å². The summed E-state index contributed by atoms with van der Waals surface area (Å²) in [5.74, 6) is 0.401. The van der Waals surface area contributed by atoms with Crippen molar-refractivity contribution in [3.05, 3.63) is 94.7 Å². The van der Waals surface area contributed by atoms with E-state index in [0.29, 0.717) is 23.6 Å². The second kappa shape index (κ2) is 14.2. The molecule has 6 nitrogen and oxygen atoms in total. The number of aldehydes is 1. The van der Waals surface area contributed by atoms with Crippen LogP contribution in [0.2, 0.25) is 0 Å². The quantitative estimate of drug-likeness (QED) is 0.169. The first-order valence-electron chi connectivity index (χ1n) is 12.3. The molecule has 7 heteroatoms. The Labute approximate surface area is 229 Å². The number of carbonyl (C=O) groups is 2. The van der Waals surface area contributed by atoms with Gasteiger partial charge in [-0.05, 0) is 81.7 Å². The number of hydrogen-bond acceptors (Lipinski definition) is 4. The normalized spacial score (nSPS) is 12.0. The number of hydrogen-bond donors (Lipinski definition) is 1. The average molecular weight is 538 g/mol. The van der Waals surface area contributed by atoms with Crippen LogP contribution in [0.1, 0.15) is 44.0 Å². The minimum atomic E-state index is -1.30. The highest BCUT2D eigenvalue weighted by molar-refractivity contribution is 6.31. The minimum absolute atomic E-state index is 0.587. The first kappa shape index (κ1) is 30.5. The van der Waals surface area contributed by atoms with Gasteiger partial charge in [0.25, 0.3) is 0 Å². The lowest BCUT2D eigenvalue weighted by Gasteiger charge is -2.23. The van der Waals surface area contributed by atoms with Crippen LogP contribution in [0, 0.1) is 6.92 Å². The molecule has 0 atom stereocenters. The second-order valence-corrected chi connectivity index (χ2v) is 9.53. The number of allylic oxidation sites excluding steroid dienone is 6. The predicted octanol–water partition coefficient (Wildman–Crippen LogP) is 7.16. The molecule has 0 bridgehead atoms. The number of carboxylic acid groups (broad SMARTS) is 1. The first-order valence-corrected chi connectivity index (χ1v) is 12.6. The summed E-state index contributed by atoms with van der Waals surface area (Å²) in [6, 6.07) is 13.7. The maximum atomic E-state index is 11.5. The third kappa shape index (κ3) is 8.12. The number of rotatable bonds is 10. The van der Waals surface area contributed by atoms with Crippen LogP contribution in [-0.2, 0) is 23.1 Å². The summed E-state index contributed by atoms with van der Waals surface area (Å²) in [5, 5.41) is 11.2. The molecule has 202 valence electrons. The van der Waals surface area contributed by atoms with Crippen LogP contribution in [0.25, 0.3) is 10.9 Å². The number of ether oxygens (including phenoxy) is 2. The van der Waals surface area contributed by atoms with Crippen molar-refractivity contribution < 1.29 is 24.2 Å². The van der Waals surface area contributed by atoms with Crippen molar-refractivity contribution in [2.45, 2.75) is 46.1 Å². The Kier molecular flexibility index (Phi) is 11.4. The van der Waals surface area contributed by atoms with Gasteiger partial charge in [-0.2, -0.15) is 0 Å². The number of halogens is 1. The first-order chi connectivity index (χ1) is 18.0. The summed E-state index contributed by atoms with van der Waals surface area (Å²) in [5.41, 5.74) is 3.12. The fourth-order valence-electron chi connectivity index (χ4n) is 3.78. The molecular formula is C31H36ClNO5. The third-order valence-electron chi connectivity index (χ3n) is 6.04. The van der Waals surface area contributed by atoms with E-state index in [9.17, 15) is 14.7 Å². The lowest BCUT2D eigenvalue weighted by molar-refractivity contribution is -0.152. The molecule has 0 radical (unpaired) electrons. The van der Waals surface area contributed by atoms with Gasteiger partial charge in [0, 0.05) is 35.1 Å². The van der Waals surface area contributed by atoms with E-state index in [-0.39, 0.29) is 0 Å². The summed E-state index contributed by atoms with van der Waals surface area (Å²) >= 11 is 5.71. The molecule has 3 aromatic rings. The molecule has 0 fully saturated rings. The largest absolute Gasteiger partial charge is 0.497 e. The Morgan fingerprint density at radius 1 is 1.18 bits per heavy atom. The molecule has 0 spiro atoms. The van der Waals surface area contributed by atoms with Gasteiger partial charge in [0.1, 0.15) is 17.8 Å². The maximum absolute atomic E-state index is 11.5. The average Bonchev–Trinajstić information content (AvgIpc) is 3.12. The predicted molar refractivity (Wildman–Crippen MR) is 154 cm³/mol. The monoisotopic (exact) mass is 537 g/mol. The van der Waals surface area contributed by atoms with Gasteiger partial charge in [0.15, 0.2) is 5.60 Å². The fourth-order valence-corrected chi connectivity index (χ4v) is 3.99. The van der Waals surface area contributed by atoms with Crippen LogP contribution in [-0.4, -0.2) is 34.6 Å². The van der Waals surface area contributed by atoms with E-state index < -0.39 is 11.6 Å². The molecule has 2 aromatic carbocycles. The zero-order valence-electron chi connectivity index (χ0n) is 22.8. The topological polar surface area (TPSA) is 77.8 Å². The molecule has 0 amide bonds. The number of aryl methyl sites for hydroxylation is 1. The molecule has 0 saturated heterocycles. The minimum Gasteiger partial charge on any atom is -0.497 e. The molecule has 0 saturated carbocycles. The molecule has 1 N–H and O–H groups in total. The number of methoxy groups -OCH3 is 1. The van der Waals surface area contributed by atoms with Gasteiger partial charge >= 0.3 is 5.97 Å². The summed E-state index contributed by atoms with van der Waals surface area (Å²) in [7, 11) is 3.71. The standard InChI is InChI=1S/C22H25NO4.C9H11ClO/c1-14-17(18-13-16(26-5)10-11-19(18)23(14)4)12-15-8-6-7-9-20(15)27-22(2,3)21(24)25;1-2-6-9(10)7-4-3-5-8-11/h6-11,13H,12H2,1-5H3,(H,24,25);2-3,5-8H,4H2,1H3/b;5-3+,6-2-,9-7?. The third-order valence-corrected chi connectivity index (χ3v) is 6.32. The van der Waals surface area contributed by atoms with Gasteiger partial charge in [-0.1, -0.05) is 48.0 Å². The molecule has 0 aliphatic carbocycles. The van der Waals surface area contributed by atoms with E-state index in [1.54, 1.807) is 33.1 Å². The Balaban J connectivity index is 0.000000391. The number of para-hydroxylation sites is 1. The van der Waals surface area contributed by atoms with Gasteiger partial charge in [0.05, 0.1) is 7.11 Å². The van der Waals surface area contributed by atoms with E-state index in [2.05, 4.69) is 17.6 Å². The highest BCUT2D eigenvalue weighted by Gasteiger charge is 2.30. The van der Waals surface area contributed by atoms with E-state index in [1.165, 1.54) is 11.6 Å². The number of carbonyl (C=O) groups excluding carboxylic acids is 1. The Morgan fingerprint density at radius 2 is 1.89 bits per heavy atom. The van der Waals surface area contributed by atoms with Crippen LogP contribution < -0.4 is 9.47 Å². The Hall–Kier alpha value is -3.77. The molecule has 1 aromatic heterocycles. The summed E-state index contributed by atoms with van der Waals surface area (Å²) in [4.78, 5) is 21.3. The van der Waals surface area contributed by atoms with Crippen molar-refractivity contribution in [3.8, 4) is 11.5 Å². The van der Waals surface area contributed by atoms with Crippen molar-refractivity contribution in [2.75, 3.05) is 7.11 Å². The lowest BCUT2D eigenvalue weighted by atomic mass is 10.0. The number of aromatic nitrogens is 1. The Bertz CT molecular complexity index is 1350. The van der Waals surface area contributed by atoms with Gasteiger partial charge in [-0.15, -0.1) is 0 Å². The molecule has 1 heterocycles. The number of benzene rings is 2. The zero-order chi connectivity index (χ0) is 28.3. The molecule has 0 unspecified atom stereocenters. The second-order valence-electron chi connectivity index (χ2n) is 9.10. The Morgan fingerprint density at radius 3 is 2.53 bits per heavy atom. The van der Waals surface area contributed by atoms with Crippen molar-refractivity contribution >= 4 is 34.8 Å². The van der Waals surface area contributed by atoms with Gasteiger partial charge in [-0.3, -0.25) is 4.79 Å². The van der Waals surface area contributed by atoms with Crippen molar-refractivity contribution in [2.24, 2.45) is 7.05 Å². The van der Waals surface area contributed by atoms with E-state index in [1.807, 2.05) is 62.5 Å². The van der Waals surface area contributed by atoms with Crippen LogP contribution in [0.5, 0.6) is 11.5 Å². The van der Waals surface area contributed by atoms with Crippen molar-refractivity contribution in [1.82, 2.24) is 4.57 Å². The molecule has 0 aliphatic heterocycles. The van der Waals surface area contributed by atoms with Crippen molar-refractivity contribution in [3.63, 3.8) is 0 Å². The summed E-state index contributed by atoms with van der Waals surface area (Å²) in [6.45, 7) is 7.10. The lowest BCUT2D eigenvalue weighted by Crippen LogP contribution is -2.38. The molecule has 3 rings (SSSR count). The number of nitrogens with zero attached hydrogens (tertiary/aromatic N) is 1. The fraction of sp³-hybridized carbons (Fsp3) is 0.290. The smallest absolute Gasteiger partial charge is 0.347 e. The van der Waals surface area contributed by atoms with E-state index in [0.717, 1.165) is 34.2 Å². The van der Waals surface area contributed by atoms with Gasteiger partial charge in [-0.25, -0.2) is 4.79 Å². The van der Waals surface area contributed by atoms with Crippen LogP contribution in [0.15, 0.2) is 77.9 Å². The number of carboxylic acids is 1. The molecule has 38 heavy (non-hydrogen) atoms. The summed E-state index contributed by atoms with van der Waals surface area (Å²) < 4.78 is 13.4. The van der Waals surface area contributed by atoms with Crippen LogP contribution in [0.3, 0.4) is 0 Å². The number of aliphatic carboxylic acids is 1. The van der Waals surface area contributed by atoms with E-state index in [4.69, 9.17) is 21.1 Å². The maximum Gasteiger partial charge on any atom is 0.347 e. The van der Waals surface area contributed by atoms with Crippen LogP contribution in [0.4, 0.5) is 0 Å². The number of fused-ring (bicyclic) bond motifs is 1. The van der Waals surface area contributed by atoms with Crippen molar-refractivity contribution in [1.29, 1.82) is 0 Å². The SMILES string of the molecule is C/C=C\C(Cl)=CC/C=C/C=O.COc1ccc2c(c1)c(Cc1ccccc1OC(C)(C)C(=O)O)c(C)n2C. The highest BCUT2D eigenvalue weighted by atomic mass is 35.5. The van der Waals surface area contributed by atoms with Gasteiger partial charge < -0.3 is 19.1 Å². The molecular weight excluding hydrogens is 502 g/mol.